The minimum absolute atomic E-state index is 1.19. The van der Waals surface area contributed by atoms with Gasteiger partial charge in [0.15, 0.2) is 0 Å². The fourth-order valence-corrected chi connectivity index (χ4v) is 2.49. The molecular formula is C15H14. The molecule has 0 atom stereocenters. The van der Waals surface area contributed by atoms with Crippen LogP contribution in [0.2, 0.25) is 0 Å². The maximum absolute atomic E-state index is 2.35. The van der Waals surface area contributed by atoms with Crippen LogP contribution in [-0.4, -0.2) is 0 Å². The highest BCUT2D eigenvalue weighted by atomic mass is 14.1. The number of benzene rings is 2. The van der Waals surface area contributed by atoms with E-state index < -0.39 is 0 Å². The average molecular weight is 194 g/mol. The zero-order valence-electron chi connectivity index (χ0n) is 8.96. The summed E-state index contributed by atoms with van der Waals surface area (Å²) in [5.41, 5.74) is 4.38. The SMILES string of the molecule is Cc1c2c(cc3ccccc13)CCC=C2. The summed E-state index contributed by atoms with van der Waals surface area (Å²) in [5, 5.41) is 2.77. The van der Waals surface area contributed by atoms with Crippen LogP contribution in [0.1, 0.15) is 23.1 Å². The highest BCUT2D eigenvalue weighted by molar-refractivity contribution is 5.90. The van der Waals surface area contributed by atoms with Crippen molar-refractivity contribution in [1.82, 2.24) is 0 Å². The normalized spacial score (nSPS) is 14.2. The Morgan fingerprint density at radius 2 is 2.00 bits per heavy atom. The zero-order chi connectivity index (χ0) is 10.3. The molecule has 2 aromatic carbocycles. The number of hydrogen-bond acceptors (Lipinski definition) is 0. The molecule has 0 N–H and O–H groups in total. The summed E-state index contributed by atoms with van der Waals surface area (Å²) in [5.74, 6) is 0. The molecule has 1 aliphatic carbocycles. The third kappa shape index (κ3) is 1.29. The van der Waals surface area contributed by atoms with Crippen molar-refractivity contribution >= 4 is 16.8 Å². The van der Waals surface area contributed by atoms with Crippen molar-refractivity contribution in [1.29, 1.82) is 0 Å². The van der Waals surface area contributed by atoms with Crippen LogP contribution < -0.4 is 0 Å². The van der Waals surface area contributed by atoms with Gasteiger partial charge in [-0.1, -0.05) is 42.5 Å². The van der Waals surface area contributed by atoms with Gasteiger partial charge in [0.25, 0.3) is 0 Å². The van der Waals surface area contributed by atoms with Crippen molar-refractivity contribution in [2.24, 2.45) is 0 Å². The first-order valence-electron chi connectivity index (χ1n) is 5.54. The molecule has 0 aromatic heterocycles. The molecule has 0 saturated carbocycles. The van der Waals surface area contributed by atoms with E-state index in [-0.39, 0.29) is 0 Å². The summed E-state index contributed by atoms with van der Waals surface area (Å²) in [6.07, 6.45) is 6.94. The van der Waals surface area contributed by atoms with Crippen LogP contribution in [0.4, 0.5) is 0 Å². The van der Waals surface area contributed by atoms with Crippen LogP contribution >= 0.6 is 0 Å². The average Bonchev–Trinajstić information content (AvgIpc) is 2.30. The Hall–Kier alpha value is -1.56. The fraction of sp³-hybridized carbons (Fsp3) is 0.200. The van der Waals surface area contributed by atoms with Crippen molar-refractivity contribution in [3.8, 4) is 0 Å². The van der Waals surface area contributed by atoms with E-state index in [1.807, 2.05) is 0 Å². The summed E-state index contributed by atoms with van der Waals surface area (Å²) in [6.45, 7) is 2.23. The highest BCUT2D eigenvalue weighted by Gasteiger charge is 2.09. The number of fused-ring (bicyclic) bond motifs is 2. The van der Waals surface area contributed by atoms with Crippen LogP contribution in [-0.2, 0) is 6.42 Å². The summed E-state index contributed by atoms with van der Waals surface area (Å²) in [4.78, 5) is 0. The Morgan fingerprint density at radius 3 is 2.93 bits per heavy atom. The molecule has 0 fully saturated rings. The second kappa shape index (κ2) is 3.23. The highest BCUT2D eigenvalue weighted by Crippen LogP contribution is 2.29. The van der Waals surface area contributed by atoms with E-state index in [1.54, 1.807) is 0 Å². The molecule has 0 heterocycles. The summed E-state index contributed by atoms with van der Waals surface area (Å²) in [6, 6.07) is 11.0. The Kier molecular flexibility index (Phi) is 1.88. The van der Waals surface area contributed by atoms with E-state index in [2.05, 4.69) is 49.4 Å². The van der Waals surface area contributed by atoms with Crippen molar-refractivity contribution in [2.45, 2.75) is 19.8 Å². The lowest BCUT2D eigenvalue weighted by Crippen LogP contribution is -1.97. The van der Waals surface area contributed by atoms with E-state index in [1.165, 1.54) is 40.3 Å². The molecule has 0 bridgehead atoms. The molecule has 15 heavy (non-hydrogen) atoms. The van der Waals surface area contributed by atoms with E-state index in [0.29, 0.717) is 0 Å². The van der Waals surface area contributed by atoms with Crippen LogP contribution in [0, 0.1) is 6.92 Å². The third-order valence-corrected chi connectivity index (χ3v) is 3.31. The number of rotatable bonds is 0. The van der Waals surface area contributed by atoms with Gasteiger partial charge in [-0.25, -0.2) is 0 Å². The summed E-state index contributed by atoms with van der Waals surface area (Å²) < 4.78 is 0. The Balaban J connectivity index is 2.42. The quantitative estimate of drug-likeness (QED) is 0.592. The second-order valence-electron chi connectivity index (χ2n) is 4.24. The number of hydrogen-bond donors (Lipinski definition) is 0. The van der Waals surface area contributed by atoms with Gasteiger partial charge in [-0.3, -0.25) is 0 Å². The van der Waals surface area contributed by atoms with Crippen molar-refractivity contribution in [3.63, 3.8) is 0 Å². The van der Waals surface area contributed by atoms with Crippen molar-refractivity contribution in [3.05, 3.63) is 53.1 Å². The van der Waals surface area contributed by atoms with Gasteiger partial charge in [-0.15, -0.1) is 0 Å². The molecule has 0 nitrogen and oxygen atoms in total. The molecule has 1 aliphatic rings. The largest absolute Gasteiger partial charge is 0.0836 e. The van der Waals surface area contributed by atoms with Crippen molar-refractivity contribution < 1.29 is 0 Å². The molecule has 0 spiro atoms. The molecule has 0 radical (unpaired) electrons. The van der Waals surface area contributed by atoms with E-state index in [0.717, 1.165) is 0 Å². The molecule has 0 aliphatic heterocycles. The predicted octanol–water partition coefficient (Wildman–Crippen LogP) is 4.11. The van der Waals surface area contributed by atoms with Crippen LogP contribution in [0.25, 0.3) is 16.8 Å². The first-order valence-corrected chi connectivity index (χ1v) is 5.54. The van der Waals surface area contributed by atoms with Gasteiger partial charge in [0.05, 0.1) is 0 Å². The zero-order valence-corrected chi connectivity index (χ0v) is 8.96. The molecule has 74 valence electrons. The molecular weight excluding hydrogens is 180 g/mol. The first-order chi connectivity index (χ1) is 7.36. The molecule has 3 rings (SSSR count). The van der Waals surface area contributed by atoms with E-state index in [4.69, 9.17) is 0 Å². The number of aryl methyl sites for hydroxylation is 2. The first kappa shape index (κ1) is 8.72. The van der Waals surface area contributed by atoms with Gasteiger partial charge in [-0.05, 0) is 47.2 Å². The molecule has 0 saturated heterocycles. The fourth-order valence-electron chi connectivity index (χ4n) is 2.49. The third-order valence-electron chi connectivity index (χ3n) is 3.31. The van der Waals surface area contributed by atoms with Crippen molar-refractivity contribution in [2.75, 3.05) is 0 Å². The van der Waals surface area contributed by atoms with Crippen LogP contribution in [0.5, 0.6) is 0 Å². The topological polar surface area (TPSA) is 0 Å². The summed E-state index contributed by atoms with van der Waals surface area (Å²) in [7, 11) is 0. The van der Waals surface area contributed by atoms with Crippen LogP contribution in [0.15, 0.2) is 36.4 Å². The lowest BCUT2D eigenvalue weighted by atomic mass is 9.89. The molecule has 0 amide bonds. The van der Waals surface area contributed by atoms with Gasteiger partial charge in [-0.2, -0.15) is 0 Å². The van der Waals surface area contributed by atoms with Gasteiger partial charge in [0, 0.05) is 0 Å². The lowest BCUT2D eigenvalue weighted by molar-refractivity contribution is 0.985. The summed E-state index contributed by atoms with van der Waals surface area (Å²) >= 11 is 0. The van der Waals surface area contributed by atoms with E-state index in [9.17, 15) is 0 Å². The van der Waals surface area contributed by atoms with Gasteiger partial charge < -0.3 is 0 Å². The van der Waals surface area contributed by atoms with Gasteiger partial charge in [0.1, 0.15) is 0 Å². The Bertz CT molecular complexity index is 547. The second-order valence-corrected chi connectivity index (χ2v) is 4.24. The maximum Gasteiger partial charge on any atom is -0.0149 e. The Morgan fingerprint density at radius 1 is 1.13 bits per heavy atom. The smallest absolute Gasteiger partial charge is 0.0149 e. The predicted molar refractivity (Wildman–Crippen MR) is 66.0 cm³/mol. The monoisotopic (exact) mass is 194 g/mol. The lowest BCUT2D eigenvalue weighted by Gasteiger charge is -2.15. The molecule has 0 heteroatoms. The Labute approximate surface area is 90.2 Å². The standard InChI is InChI=1S/C15H14/c1-11-14-8-4-2-6-12(14)10-13-7-3-5-9-15(11)13/h2,4-6,8-10H,3,7H2,1H3. The van der Waals surface area contributed by atoms with Gasteiger partial charge in [0.2, 0.25) is 0 Å². The van der Waals surface area contributed by atoms with E-state index >= 15 is 0 Å². The molecule has 2 aromatic rings. The molecule has 0 unspecified atom stereocenters. The van der Waals surface area contributed by atoms with Crippen LogP contribution in [0.3, 0.4) is 0 Å². The number of allylic oxidation sites excluding steroid dienone is 1. The minimum atomic E-state index is 1.19. The minimum Gasteiger partial charge on any atom is -0.0836 e. The maximum atomic E-state index is 2.35. The van der Waals surface area contributed by atoms with Gasteiger partial charge >= 0.3 is 0 Å².